The lowest BCUT2D eigenvalue weighted by Crippen LogP contribution is -2.39. The summed E-state index contributed by atoms with van der Waals surface area (Å²) >= 11 is 0. The molecule has 1 atom stereocenters. The van der Waals surface area contributed by atoms with Gasteiger partial charge in [0.05, 0.1) is 6.04 Å². The Morgan fingerprint density at radius 3 is 2.89 bits per heavy atom. The van der Waals surface area contributed by atoms with E-state index in [2.05, 4.69) is 5.32 Å². The molecule has 0 saturated carbocycles. The van der Waals surface area contributed by atoms with Crippen LogP contribution in [0.2, 0.25) is 0 Å². The van der Waals surface area contributed by atoms with Crippen molar-refractivity contribution in [2.24, 2.45) is 11.7 Å². The maximum Gasteiger partial charge on any atom is 0.241 e. The Kier molecular flexibility index (Phi) is 5.15. The van der Waals surface area contributed by atoms with Crippen LogP contribution in [0, 0.1) is 17.2 Å². The molecule has 3 N–H and O–H groups in total. The van der Waals surface area contributed by atoms with Gasteiger partial charge in [0.1, 0.15) is 11.8 Å². The van der Waals surface area contributed by atoms with E-state index in [0.29, 0.717) is 11.4 Å². The summed E-state index contributed by atoms with van der Waals surface area (Å²) in [6.07, 6.45) is 0. The Morgan fingerprint density at radius 2 is 2.28 bits per heavy atom. The van der Waals surface area contributed by atoms with Gasteiger partial charge in [-0.25, -0.2) is 0 Å². The predicted octanol–water partition coefficient (Wildman–Crippen LogP) is 1.51. The summed E-state index contributed by atoms with van der Waals surface area (Å²) in [6.45, 7) is 3.75. The quantitative estimate of drug-likeness (QED) is 0.825. The van der Waals surface area contributed by atoms with Crippen molar-refractivity contribution in [2.75, 3.05) is 11.9 Å². The van der Waals surface area contributed by atoms with Gasteiger partial charge in [0.15, 0.2) is 6.61 Å². The minimum atomic E-state index is -0.548. The molecular weight excluding hydrogens is 230 g/mol. The molecule has 0 aromatic heterocycles. The number of nitriles is 1. The van der Waals surface area contributed by atoms with E-state index in [1.807, 2.05) is 19.9 Å². The SMILES string of the molecule is CC(C)[C@H](N)C(=O)Nc1cccc(OCC#N)c1. The van der Waals surface area contributed by atoms with Crippen molar-refractivity contribution in [1.82, 2.24) is 0 Å². The van der Waals surface area contributed by atoms with Crippen molar-refractivity contribution in [2.45, 2.75) is 19.9 Å². The van der Waals surface area contributed by atoms with E-state index in [4.69, 9.17) is 15.7 Å². The van der Waals surface area contributed by atoms with E-state index >= 15 is 0 Å². The number of rotatable bonds is 5. The normalized spacial score (nSPS) is 11.7. The fourth-order valence-electron chi connectivity index (χ4n) is 1.31. The van der Waals surface area contributed by atoms with Crippen molar-refractivity contribution in [3.63, 3.8) is 0 Å². The van der Waals surface area contributed by atoms with Gasteiger partial charge in [-0.05, 0) is 18.1 Å². The second-order valence-electron chi connectivity index (χ2n) is 4.23. The summed E-state index contributed by atoms with van der Waals surface area (Å²) in [4.78, 5) is 11.7. The first-order valence-corrected chi connectivity index (χ1v) is 5.71. The van der Waals surface area contributed by atoms with Crippen molar-refractivity contribution in [3.8, 4) is 11.8 Å². The largest absolute Gasteiger partial charge is 0.479 e. The summed E-state index contributed by atoms with van der Waals surface area (Å²) < 4.78 is 5.14. The lowest BCUT2D eigenvalue weighted by atomic mass is 10.0. The van der Waals surface area contributed by atoms with Gasteiger partial charge in [-0.3, -0.25) is 4.79 Å². The van der Waals surface area contributed by atoms with Crippen LogP contribution < -0.4 is 15.8 Å². The smallest absolute Gasteiger partial charge is 0.241 e. The number of nitrogens with zero attached hydrogens (tertiary/aromatic N) is 1. The van der Waals surface area contributed by atoms with Gasteiger partial charge >= 0.3 is 0 Å². The van der Waals surface area contributed by atoms with Gasteiger partial charge in [0.25, 0.3) is 0 Å². The number of hydrogen-bond acceptors (Lipinski definition) is 4. The van der Waals surface area contributed by atoms with Crippen LogP contribution in [0.25, 0.3) is 0 Å². The molecule has 1 aromatic rings. The van der Waals surface area contributed by atoms with Crippen LogP contribution >= 0.6 is 0 Å². The van der Waals surface area contributed by atoms with Crippen LogP contribution in [0.1, 0.15) is 13.8 Å². The second kappa shape index (κ2) is 6.62. The number of benzene rings is 1. The maximum absolute atomic E-state index is 11.7. The Bertz CT molecular complexity index is 452. The van der Waals surface area contributed by atoms with Gasteiger partial charge in [-0.15, -0.1) is 0 Å². The van der Waals surface area contributed by atoms with E-state index in [1.165, 1.54) is 0 Å². The standard InChI is InChI=1S/C13H17N3O2/c1-9(2)12(15)13(17)16-10-4-3-5-11(8-10)18-7-6-14/h3-5,8-9,12H,7,15H2,1-2H3,(H,16,17)/t12-/m0/s1. The zero-order valence-electron chi connectivity index (χ0n) is 10.5. The average molecular weight is 247 g/mol. The molecule has 0 spiro atoms. The number of ether oxygens (including phenoxy) is 1. The molecule has 0 aliphatic rings. The maximum atomic E-state index is 11.7. The molecule has 1 amide bonds. The molecule has 0 aliphatic carbocycles. The highest BCUT2D eigenvalue weighted by molar-refractivity contribution is 5.94. The van der Waals surface area contributed by atoms with E-state index in [9.17, 15) is 4.79 Å². The molecule has 1 aromatic carbocycles. The van der Waals surface area contributed by atoms with Gasteiger partial charge in [-0.1, -0.05) is 19.9 Å². The third-order valence-electron chi connectivity index (χ3n) is 2.43. The molecule has 0 fully saturated rings. The highest BCUT2D eigenvalue weighted by Gasteiger charge is 2.17. The molecule has 0 aliphatic heterocycles. The predicted molar refractivity (Wildman–Crippen MR) is 69.0 cm³/mol. The molecule has 5 heteroatoms. The van der Waals surface area contributed by atoms with Gasteiger partial charge in [0, 0.05) is 11.8 Å². The Labute approximate surface area is 107 Å². The van der Waals surface area contributed by atoms with E-state index in [0.717, 1.165) is 0 Å². The van der Waals surface area contributed by atoms with E-state index in [-0.39, 0.29) is 18.4 Å². The lowest BCUT2D eigenvalue weighted by Gasteiger charge is -2.15. The van der Waals surface area contributed by atoms with Gasteiger partial charge in [0.2, 0.25) is 5.91 Å². The molecular formula is C13H17N3O2. The first-order chi connectivity index (χ1) is 8.54. The molecule has 0 saturated heterocycles. The number of carbonyl (C=O) groups excluding carboxylic acids is 1. The molecule has 1 rings (SSSR count). The highest BCUT2D eigenvalue weighted by Crippen LogP contribution is 2.17. The summed E-state index contributed by atoms with van der Waals surface area (Å²) in [5, 5.41) is 11.1. The van der Waals surface area contributed by atoms with Crippen LogP contribution in [-0.4, -0.2) is 18.6 Å². The molecule has 0 bridgehead atoms. The van der Waals surface area contributed by atoms with E-state index < -0.39 is 6.04 Å². The minimum Gasteiger partial charge on any atom is -0.479 e. The zero-order valence-corrected chi connectivity index (χ0v) is 10.5. The summed E-state index contributed by atoms with van der Waals surface area (Å²) in [6, 6.07) is 8.18. The number of nitrogens with two attached hydrogens (primary N) is 1. The van der Waals surface area contributed by atoms with Crippen LogP contribution in [0.15, 0.2) is 24.3 Å². The molecule has 0 radical (unpaired) electrons. The number of amides is 1. The summed E-state index contributed by atoms with van der Waals surface area (Å²) in [5.74, 6) is 0.373. The summed E-state index contributed by atoms with van der Waals surface area (Å²) in [7, 11) is 0. The Balaban J connectivity index is 2.67. The van der Waals surface area contributed by atoms with Crippen molar-refractivity contribution in [1.29, 1.82) is 5.26 Å². The fraction of sp³-hybridized carbons (Fsp3) is 0.385. The van der Waals surface area contributed by atoms with Crippen LogP contribution in [0.3, 0.4) is 0 Å². The average Bonchev–Trinajstić information content (AvgIpc) is 2.35. The summed E-state index contributed by atoms with van der Waals surface area (Å²) in [5.41, 5.74) is 6.34. The van der Waals surface area contributed by atoms with Crippen LogP contribution in [0.4, 0.5) is 5.69 Å². The van der Waals surface area contributed by atoms with Crippen molar-refractivity contribution >= 4 is 11.6 Å². The number of hydrogen-bond donors (Lipinski definition) is 2. The third-order valence-corrected chi connectivity index (χ3v) is 2.43. The minimum absolute atomic E-state index is 0.0249. The molecule has 0 heterocycles. The third kappa shape index (κ3) is 4.07. The Morgan fingerprint density at radius 1 is 1.56 bits per heavy atom. The first-order valence-electron chi connectivity index (χ1n) is 5.71. The number of nitrogens with one attached hydrogen (secondary N) is 1. The van der Waals surface area contributed by atoms with Gasteiger partial charge in [-0.2, -0.15) is 5.26 Å². The molecule has 18 heavy (non-hydrogen) atoms. The van der Waals surface area contributed by atoms with E-state index in [1.54, 1.807) is 24.3 Å². The van der Waals surface area contributed by atoms with Crippen molar-refractivity contribution < 1.29 is 9.53 Å². The molecule has 96 valence electrons. The zero-order chi connectivity index (χ0) is 13.5. The monoisotopic (exact) mass is 247 g/mol. The fourth-order valence-corrected chi connectivity index (χ4v) is 1.31. The Hall–Kier alpha value is -2.06. The van der Waals surface area contributed by atoms with Crippen LogP contribution in [0.5, 0.6) is 5.75 Å². The van der Waals surface area contributed by atoms with Crippen molar-refractivity contribution in [3.05, 3.63) is 24.3 Å². The number of anilines is 1. The molecule has 0 unspecified atom stereocenters. The lowest BCUT2D eigenvalue weighted by molar-refractivity contribution is -0.118. The topological polar surface area (TPSA) is 88.1 Å². The molecule has 5 nitrogen and oxygen atoms in total. The van der Waals surface area contributed by atoms with Gasteiger partial charge < -0.3 is 15.8 Å². The number of carbonyl (C=O) groups is 1. The second-order valence-corrected chi connectivity index (χ2v) is 4.23. The highest BCUT2D eigenvalue weighted by atomic mass is 16.5. The van der Waals surface area contributed by atoms with Crippen LogP contribution in [-0.2, 0) is 4.79 Å². The first kappa shape index (κ1) is 14.0.